The van der Waals surface area contributed by atoms with Crippen molar-refractivity contribution in [1.82, 2.24) is 4.98 Å². The smallest absolute Gasteiger partial charge is 0.0798 e. The second kappa shape index (κ2) is 6.03. The minimum absolute atomic E-state index is 0.461. The lowest BCUT2D eigenvalue weighted by atomic mass is 10.1. The number of benzene rings is 1. The van der Waals surface area contributed by atoms with E-state index in [4.69, 9.17) is 0 Å². The predicted octanol–water partition coefficient (Wildman–Crippen LogP) is 3.90. The van der Waals surface area contributed by atoms with Gasteiger partial charge in [0.1, 0.15) is 0 Å². The van der Waals surface area contributed by atoms with Gasteiger partial charge in [0.05, 0.1) is 23.9 Å². The van der Waals surface area contributed by atoms with E-state index in [0.717, 1.165) is 28.0 Å². The molecule has 0 fully saturated rings. The molecule has 1 N–H and O–H groups in total. The lowest BCUT2D eigenvalue weighted by Crippen LogP contribution is -2.16. The predicted molar refractivity (Wildman–Crippen MR) is 83.7 cm³/mol. The summed E-state index contributed by atoms with van der Waals surface area (Å²) in [7, 11) is 2.06. The summed E-state index contributed by atoms with van der Waals surface area (Å²) in [6.45, 7) is 4.65. The highest BCUT2D eigenvalue weighted by atomic mass is 79.9. The molecule has 1 aromatic carbocycles. The fraction of sp³-hybridized carbons (Fsp3) is 0.357. The highest BCUT2D eigenvalue weighted by molar-refractivity contribution is 9.10. The Balaban J connectivity index is 2.18. The standard InChI is InChI=1S/C14H17BrN2OS/c1-9-14(19-8-16-9)7-17(3)11-4-5-12(10(2)18)13(15)6-11/h4-6,8,10,18H,7H2,1-3H3. The molecule has 19 heavy (non-hydrogen) atoms. The average Bonchev–Trinajstić information content (AvgIpc) is 2.74. The van der Waals surface area contributed by atoms with Crippen molar-refractivity contribution in [2.24, 2.45) is 0 Å². The summed E-state index contributed by atoms with van der Waals surface area (Å²) in [5, 5.41) is 9.63. The van der Waals surface area contributed by atoms with E-state index < -0.39 is 6.10 Å². The zero-order valence-corrected chi connectivity index (χ0v) is 13.6. The second-order valence-corrected chi connectivity index (χ2v) is 6.39. The van der Waals surface area contributed by atoms with Gasteiger partial charge in [-0.25, -0.2) is 4.98 Å². The Morgan fingerprint density at radius 1 is 1.47 bits per heavy atom. The van der Waals surface area contributed by atoms with Gasteiger partial charge in [-0.1, -0.05) is 22.0 Å². The number of halogens is 1. The Labute approximate surface area is 126 Å². The summed E-state index contributed by atoms with van der Waals surface area (Å²) in [6.07, 6.45) is -0.461. The lowest BCUT2D eigenvalue weighted by Gasteiger charge is -2.20. The van der Waals surface area contributed by atoms with Crippen molar-refractivity contribution in [2.75, 3.05) is 11.9 Å². The minimum Gasteiger partial charge on any atom is -0.389 e. The van der Waals surface area contributed by atoms with Crippen LogP contribution in [0.1, 0.15) is 29.2 Å². The summed E-state index contributed by atoms with van der Waals surface area (Å²) in [6, 6.07) is 6.03. The number of aryl methyl sites for hydroxylation is 1. The summed E-state index contributed by atoms with van der Waals surface area (Å²) in [4.78, 5) is 7.72. The molecular formula is C14H17BrN2OS. The van der Waals surface area contributed by atoms with Crippen molar-refractivity contribution >= 4 is 33.0 Å². The maximum absolute atomic E-state index is 9.63. The van der Waals surface area contributed by atoms with Crippen LogP contribution in [0.25, 0.3) is 0 Å². The topological polar surface area (TPSA) is 36.4 Å². The molecule has 0 saturated carbocycles. The van der Waals surface area contributed by atoms with Crippen LogP contribution in [0.5, 0.6) is 0 Å². The van der Waals surface area contributed by atoms with Crippen LogP contribution in [-0.2, 0) is 6.54 Å². The molecule has 0 amide bonds. The molecule has 1 heterocycles. The first-order valence-electron chi connectivity index (χ1n) is 6.06. The molecule has 2 rings (SSSR count). The van der Waals surface area contributed by atoms with E-state index in [9.17, 15) is 5.11 Å². The lowest BCUT2D eigenvalue weighted by molar-refractivity contribution is 0.198. The number of aliphatic hydroxyl groups is 1. The SMILES string of the molecule is Cc1ncsc1CN(C)c1ccc(C(C)O)c(Br)c1. The van der Waals surface area contributed by atoms with E-state index in [1.54, 1.807) is 18.3 Å². The van der Waals surface area contributed by atoms with Crippen molar-refractivity contribution in [3.8, 4) is 0 Å². The number of thiazole rings is 1. The molecule has 0 bridgehead atoms. The van der Waals surface area contributed by atoms with Gasteiger partial charge in [0.15, 0.2) is 0 Å². The average molecular weight is 341 g/mol. The quantitative estimate of drug-likeness (QED) is 0.916. The van der Waals surface area contributed by atoms with Gasteiger partial charge in [0, 0.05) is 22.1 Å². The van der Waals surface area contributed by atoms with Crippen molar-refractivity contribution in [2.45, 2.75) is 26.5 Å². The zero-order valence-electron chi connectivity index (χ0n) is 11.2. The van der Waals surface area contributed by atoms with Crippen molar-refractivity contribution in [1.29, 1.82) is 0 Å². The molecule has 0 aliphatic heterocycles. The molecule has 0 saturated heterocycles. The maximum Gasteiger partial charge on any atom is 0.0798 e. The first-order chi connectivity index (χ1) is 8.99. The van der Waals surface area contributed by atoms with Crippen LogP contribution in [0.3, 0.4) is 0 Å². The molecular weight excluding hydrogens is 324 g/mol. The molecule has 0 spiro atoms. The Bertz CT molecular complexity index is 568. The Morgan fingerprint density at radius 3 is 2.74 bits per heavy atom. The molecule has 1 aromatic heterocycles. The van der Waals surface area contributed by atoms with Gasteiger partial charge < -0.3 is 10.0 Å². The van der Waals surface area contributed by atoms with E-state index in [1.807, 2.05) is 30.6 Å². The molecule has 102 valence electrons. The number of hydrogen-bond acceptors (Lipinski definition) is 4. The first-order valence-corrected chi connectivity index (χ1v) is 7.74. The van der Waals surface area contributed by atoms with Gasteiger partial charge in [-0.05, 0) is 31.5 Å². The molecule has 1 unspecified atom stereocenters. The zero-order chi connectivity index (χ0) is 14.0. The number of rotatable bonds is 4. The van der Waals surface area contributed by atoms with Crippen LogP contribution in [0, 0.1) is 6.92 Å². The Hall–Kier alpha value is -0.910. The van der Waals surface area contributed by atoms with E-state index in [-0.39, 0.29) is 0 Å². The van der Waals surface area contributed by atoms with E-state index in [2.05, 4.69) is 32.9 Å². The fourth-order valence-electron chi connectivity index (χ4n) is 1.88. The third kappa shape index (κ3) is 3.35. The van der Waals surface area contributed by atoms with Gasteiger partial charge in [0.25, 0.3) is 0 Å². The molecule has 2 aromatic rings. The second-order valence-electron chi connectivity index (χ2n) is 4.60. The molecule has 5 heteroatoms. The molecule has 1 atom stereocenters. The molecule has 0 radical (unpaired) electrons. The van der Waals surface area contributed by atoms with Gasteiger partial charge in [-0.15, -0.1) is 11.3 Å². The monoisotopic (exact) mass is 340 g/mol. The van der Waals surface area contributed by atoms with Crippen LogP contribution in [0.15, 0.2) is 28.2 Å². The van der Waals surface area contributed by atoms with Gasteiger partial charge in [-0.3, -0.25) is 0 Å². The number of hydrogen-bond donors (Lipinski definition) is 1. The van der Waals surface area contributed by atoms with Gasteiger partial charge in [-0.2, -0.15) is 0 Å². The van der Waals surface area contributed by atoms with Crippen LogP contribution in [0.2, 0.25) is 0 Å². The first kappa shape index (κ1) is 14.5. The number of anilines is 1. The molecule has 0 aliphatic carbocycles. The summed E-state index contributed by atoms with van der Waals surface area (Å²) in [5.74, 6) is 0. The van der Waals surface area contributed by atoms with Crippen molar-refractivity contribution in [3.05, 3.63) is 44.3 Å². The Kier molecular flexibility index (Phi) is 4.60. The van der Waals surface area contributed by atoms with Gasteiger partial charge in [0.2, 0.25) is 0 Å². The normalized spacial score (nSPS) is 12.5. The molecule has 3 nitrogen and oxygen atoms in total. The number of nitrogens with zero attached hydrogens (tertiary/aromatic N) is 2. The van der Waals surface area contributed by atoms with Crippen LogP contribution in [-0.4, -0.2) is 17.1 Å². The third-order valence-corrected chi connectivity index (χ3v) is 4.71. The summed E-state index contributed by atoms with van der Waals surface area (Å²) < 4.78 is 0.938. The van der Waals surface area contributed by atoms with Crippen molar-refractivity contribution < 1.29 is 5.11 Å². The maximum atomic E-state index is 9.63. The largest absolute Gasteiger partial charge is 0.389 e. The van der Waals surface area contributed by atoms with E-state index >= 15 is 0 Å². The van der Waals surface area contributed by atoms with E-state index in [0.29, 0.717) is 0 Å². The fourth-order valence-corrected chi connectivity index (χ4v) is 3.40. The molecule has 0 aliphatic rings. The van der Waals surface area contributed by atoms with Crippen LogP contribution >= 0.6 is 27.3 Å². The van der Waals surface area contributed by atoms with Crippen LogP contribution in [0.4, 0.5) is 5.69 Å². The van der Waals surface area contributed by atoms with Crippen molar-refractivity contribution in [3.63, 3.8) is 0 Å². The minimum atomic E-state index is -0.461. The summed E-state index contributed by atoms with van der Waals surface area (Å²) in [5.41, 5.74) is 5.00. The van der Waals surface area contributed by atoms with Crippen LogP contribution < -0.4 is 4.90 Å². The van der Waals surface area contributed by atoms with E-state index in [1.165, 1.54) is 4.88 Å². The summed E-state index contributed by atoms with van der Waals surface area (Å²) >= 11 is 5.19. The highest BCUT2D eigenvalue weighted by Crippen LogP contribution is 2.29. The Morgan fingerprint density at radius 2 is 2.21 bits per heavy atom. The third-order valence-electron chi connectivity index (χ3n) is 3.10. The highest BCUT2D eigenvalue weighted by Gasteiger charge is 2.10. The number of aromatic nitrogens is 1. The van der Waals surface area contributed by atoms with Gasteiger partial charge >= 0.3 is 0 Å². The number of aliphatic hydroxyl groups excluding tert-OH is 1.